The molecular weight excluding hydrogens is 234 g/mol. The van der Waals surface area contributed by atoms with Gasteiger partial charge in [-0.1, -0.05) is 18.2 Å². The van der Waals surface area contributed by atoms with E-state index in [2.05, 4.69) is 15.0 Å². The molecule has 0 amide bonds. The molecule has 3 nitrogen and oxygen atoms in total. The molecule has 1 aromatic carbocycles. The third-order valence-corrected chi connectivity index (χ3v) is 2.95. The van der Waals surface area contributed by atoms with Crippen molar-refractivity contribution in [3.63, 3.8) is 0 Å². The van der Waals surface area contributed by atoms with Gasteiger partial charge in [-0.15, -0.1) is 11.6 Å². The number of nitrogens with zero attached hydrogens (tertiary/aromatic N) is 2. The number of nitrogens with one attached hydrogen (secondary N) is 1. The smallest absolute Gasteiger partial charge is 0.138 e. The highest BCUT2D eigenvalue weighted by atomic mass is 35.5. The molecule has 3 rings (SSSR count). The van der Waals surface area contributed by atoms with Crippen molar-refractivity contribution in [3.8, 4) is 11.4 Å². The number of hydrogen-bond donors (Lipinski definition) is 1. The third-order valence-electron chi connectivity index (χ3n) is 2.64. The Morgan fingerprint density at radius 3 is 3.00 bits per heavy atom. The van der Waals surface area contributed by atoms with E-state index in [4.69, 9.17) is 11.6 Å². The van der Waals surface area contributed by atoms with Crippen LogP contribution < -0.4 is 0 Å². The van der Waals surface area contributed by atoms with Crippen molar-refractivity contribution in [3.05, 3.63) is 48.3 Å². The van der Waals surface area contributed by atoms with E-state index in [1.165, 1.54) is 0 Å². The van der Waals surface area contributed by atoms with E-state index in [-0.39, 0.29) is 0 Å². The Kier molecular flexibility index (Phi) is 2.53. The third kappa shape index (κ3) is 1.89. The van der Waals surface area contributed by atoms with Gasteiger partial charge in [-0.3, -0.25) is 4.98 Å². The normalized spacial score (nSPS) is 10.9. The number of fused-ring (bicyclic) bond motifs is 1. The van der Waals surface area contributed by atoms with E-state index in [0.29, 0.717) is 5.88 Å². The molecule has 0 aliphatic heterocycles. The van der Waals surface area contributed by atoms with Crippen LogP contribution in [-0.2, 0) is 5.88 Å². The van der Waals surface area contributed by atoms with E-state index >= 15 is 0 Å². The Bertz CT molecular complexity index is 627. The number of benzene rings is 1. The molecule has 84 valence electrons. The molecule has 0 bridgehead atoms. The average Bonchev–Trinajstić information content (AvgIpc) is 2.82. The number of aromatic nitrogens is 3. The molecule has 0 aliphatic rings. The zero-order valence-corrected chi connectivity index (χ0v) is 9.78. The minimum atomic E-state index is 0.510. The summed E-state index contributed by atoms with van der Waals surface area (Å²) in [5, 5.41) is 0. The van der Waals surface area contributed by atoms with Gasteiger partial charge in [0, 0.05) is 17.6 Å². The first-order valence-electron chi connectivity index (χ1n) is 5.32. The lowest BCUT2D eigenvalue weighted by molar-refractivity contribution is 1.31. The largest absolute Gasteiger partial charge is 0.337 e. The number of pyridine rings is 1. The molecule has 0 saturated heterocycles. The first-order chi connectivity index (χ1) is 8.36. The molecule has 0 fully saturated rings. The molecule has 0 saturated carbocycles. The van der Waals surface area contributed by atoms with Gasteiger partial charge in [-0.2, -0.15) is 0 Å². The summed E-state index contributed by atoms with van der Waals surface area (Å²) in [5.74, 6) is 1.36. The van der Waals surface area contributed by atoms with Gasteiger partial charge in [0.15, 0.2) is 0 Å². The molecule has 3 aromatic rings. The molecule has 17 heavy (non-hydrogen) atoms. The van der Waals surface area contributed by atoms with Gasteiger partial charge in [0.05, 0.1) is 17.2 Å². The first-order valence-corrected chi connectivity index (χ1v) is 5.85. The SMILES string of the molecule is ClCc1cccc(-c2nc3ccncc3[nH]2)c1. The van der Waals surface area contributed by atoms with Gasteiger partial charge in [-0.05, 0) is 17.7 Å². The van der Waals surface area contributed by atoms with E-state index in [9.17, 15) is 0 Å². The van der Waals surface area contributed by atoms with Gasteiger partial charge in [0.25, 0.3) is 0 Å². The Balaban J connectivity index is 2.13. The van der Waals surface area contributed by atoms with Crippen LogP contribution in [0.5, 0.6) is 0 Å². The maximum Gasteiger partial charge on any atom is 0.138 e. The topological polar surface area (TPSA) is 41.6 Å². The molecule has 2 heterocycles. The van der Waals surface area contributed by atoms with E-state index in [1.54, 1.807) is 12.4 Å². The highest BCUT2D eigenvalue weighted by Gasteiger charge is 2.05. The monoisotopic (exact) mass is 243 g/mol. The van der Waals surface area contributed by atoms with Gasteiger partial charge >= 0.3 is 0 Å². The lowest BCUT2D eigenvalue weighted by Gasteiger charge is -1.99. The average molecular weight is 244 g/mol. The second-order valence-corrected chi connectivity index (χ2v) is 4.08. The van der Waals surface area contributed by atoms with Crippen LogP contribution >= 0.6 is 11.6 Å². The van der Waals surface area contributed by atoms with Crippen LogP contribution in [0.3, 0.4) is 0 Å². The summed E-state index contributed by atoms with van der Waals surface area (Å²) < 4.78 is 0. The zero-order valence-electron chi connectivity index (χ0n) is 9.02. The molecule has 1 N–H and O–H groups in total. The molecule has 4 heteroatoms. The second kappa shape index (κ2) is 4.18. The minimum absolute atomic E-state index is 0.510. The maximum atomic E-state index is 5.82. The molecule has 0 radical (unpaired) electrons. The van der Waals surface area contributed by atoms with Crippen LogP contribution in [-0.4, -0.2) is 15.0 Å². The Hall–Kier alpha value is -1.87. The Morgan fingerprint density at radius 2 is 2.18 bits per heavy atom. The van der Waals surface area contributed by atoms with Gasteiger partial charge in [0.2, 0.25) is 0 Å². The van der Waals surface area contributed by atoms with E-state index in [0.717, 1.165) is 28.0 Å². The summed E-state index contributed by atoms with van der Waals surface area (Å²) in [7, 11) is 0. The first kappa shape index (κ1) is 10.3. The van der Waals surface area contributed by atoms with Crippen molar-refractivity contribution in [1.82, 2.24) is 15.0 Å². The highest BCUT2D eigenvalue weighted by molar-refractivity contribution is 6.17. The quantitative estimate of drug-likeness (QED) is 0.701. The van der Waals surface area contributed by atoms with Crippen LogP contribution in [0.15, 0.2) is 42.7 Å². The van der Waals surface area contributed by atoms with Gasteiger partial charge in [0.1, 0.15) is 5.82 Å². The maximum absolute atomic E-state index is 5.82. The fourth-order valence-corrected chi connectivity index (χ4v) is 1.96. The summed E-state index contributed by atoms with van der Waals surface area (Å²) in [6.07, 6.45) is 3.51. The number of imidazole rings is 1. The van der Waals surface area contributed by atoms with Crippen LogP contribution in [0.4, 0.5) is 0 Å². The van der Waals surface area contributed by atoms with Crippen LogP contribution in [0.2, 0.25) is 0 Å². The summed E-state index contributed by atoms with van der Waals surface area (Å²) in [6, 6.07) is 9.93. The zero-order chi connectivity index (χ0) is 11.7. The van der Waals surface area contributed by atoms with E-state index < -0.39 is 0 Å². The predicted octanol–water partition coefficient (Wildman–Crippen LogP) is 3.36. The summed E-state index contributed by atoms with van der Waals surface area (Å²) in [4.78, 5) is 11.8. The Morgan fingerprint density at radius 1 is 1.24 bits per heavy atom. The minimum Gasteiger partial charge on any atom is -0.337 e. The van der Waals surface area contributed by atoms with Crippen molar-refractivity contribution in [2.45, 2.75) is 5.88 Å². The van der Waals surface area contributed by atoms with Gasteiger partial charge in [-0.25, -0.2) is 4.98 Å². The fraction of sp³-hybridized carbons (Fsp3) is 0.0769. The summed E-state index contributed by atoms with van der Waals surface area (Å²) in [5.41, 5.74) is 3.99. The summed E-state index contributed by atoms with van der Waals surface area (Å²) >= 11 is 5.82. The molecular formula is C13H10ClN3. The lowest BCUT2D eigenvalue weighted by Crippen LogP contribution is -1.83. The molecule has 0 unspecified atom stereocenters. The molecule has 0 aliphatic carbocycles. The molecule has 0 spiro atoms. The van der Waals surface area contributed by atoms with Crippen molar-refractivity contribution < 1.29 is 0 Å². The lowest BCUT2D eigenvalue weighted by atomic mass is 10.1. The van der Waals surface area contributed by atoms with Crippen LogP contribution in [0.1, 0.15) is 5.56 Å². The molecule has 2 aromatic heterocycles. The van der Waals surface area contributed by atoms with Crippen LogP contribution in [0, 0.1) is 0 Å². The number of H-pyrrole nitrogens is 1. The second-order valence-electron chi connectivity index (χ2n) is 3.81. The number of alkyl halides is 1. The van der Waals surface area contributed by atoms with Crippen molar-refractivity contribution in [2.24, 2.45) is 0 Å². The van der Waals surface area contributed by atoms with Crippen molar-refractivity contribution >= 4 is 22.6 Å². The predicted molar refractivity (Wildman–Crippen MR) is 68.9 cm³/mol. The van der Waals surface area contributed by atoms with Crippen molar-refractivity contribution in [1.29, 1.82) is 0 Å². The Labute approximate surface area is 103 Å². The van der Waals surface area contributed by atoms with Crippen molar-refractivity contribution in [2.75, 3.05) is 0 Å². The standard InChI is InChI=1S/C13H10ClN3/c14-7-9-2-1-3-10(6-9)13-16-11-4-5-15-8-12(11)17-13/h1-6,8H,7H2,(H,16,17). The molecule has 0 atom stereocenters. The van der Waals surface area contributed by atoms with E-state index in [1.807, 2.05) is 30.3 Å². The van der Waals surface area contributed by atoms with Gasteiger partial charge < -0.3 is 4.98 Å². The summed E-state index contributed by atoms with van der Waals surface area (Å²) in [6.45, 7) is 0. The fourth-order valence-electron chi connectivity index (χ4n) is 1.80. The highest BCUT2D eigenvalue weighted by Crippen LogP contribution is 2.21. The number of aromatic amines is 1. The number of halogens is 1. The van der Waals surface area contributed by atoms with Crippen LogP contribution in [0.25, 0.3) is 22.4 Å². The number of rotatable bonds is 2. The number of hydrogen-bond acceptors (Lipinski definition) is 2.